The third kappa shape index (κ3) is 48.7. The quantitative estimate of drug-likeness (QED) is 0.0422. The maximum absolute atomic E-state index is 12.4. The molecule has 0 spiro atoms. The van der Waals surface area contributed by atoms with Gasteiger partial charge in [-0.1, -0.05) is 247 Å². The van der Waals surface area contributed by atoms with Crippen LogP contribution in [0.15, 0.2) is 72.9 Å². The molecule has 61 heavy (non-hydrogen) atoms. The summed E-state index contributed by atoms with van der Waals surface area (Å²) in [6.07, 6.45) is 74.7. The summed E-state index contributed by atoms with van der Waals surface area (Å²) in [7, 11) is 0. The number of aliphatic hydroxyl groups is 2. The third-order valence-corrected chi connectivity index (χ3v) is 11.9. The first-order chi connectivity index (χ1) is 30.2. The van der Waals surface area contributed by atoms with Gasteiger partial charge in [-0.15, -0.1) is 0 Å². The van der Waals surface area contributed by atoms with Crippen molar-refractivity contribution >= 4 is 5.91 Å². The van der Waals surface area contributed by atoms with Crippen LogP contribution in [0, 0.1) is 0 Å². The van der Waals surface area contributed by atoms with Crippen molar-refractivity contribution in [2.45, 2.75) is 276 Å². The van der Waals surface area contributed by atoms with E-state index >= 15 is 0 Å². The van der Waals surface area contributed by atoms with Gasteiger partial charge in [0, 0.05) is 6.42 Å². The SMILES string of the molecule is CCCCCCC/C=C\C/C=C\C/C=C\CCCCCCCCCCCCCCCCC(=O)NC(CO)C(O)/C=C/CC/C=C/CC/C=C/CCCCCCCCCCCC. The topological polar surface area (TPSA) is 69.6 Å². The van der Waals surface area contributed by atoms with Crippen molar-refractivity contribution in [3.63, 3.8) is 0 Å². The van der Waals surface area contributed by atoms with Crippen LogP contribution in [0.2, 0.25) is 0 Å². The van der Waals surface area contributed by atoms with E-state index in [9.17, 15) is 15.0 Å². The number of nitrogens with one attached hydrogen (secondary N) is 1. The summed E-state index contributed by atoms with van der Waals surface area (Å²) in [5.74, 6) is -0.0790. The van der Waals surface area contributed by atoms with Gasteiger partial charge in [0.2, 0.25) is 5.91 Å². The lowest BCUT2D eigenvalue weighted by molar-refractivity contribution is -0.123. The zero-order valence-electron chi connectivity index (χ0n) is 40.7. The van der Waals surface area contributed by atoms with Crippen molar-refractivity contribution in [2.24, 2.45) is 0 Å². The Kier molecular flexibility index (Phi) is 50.3. The van der Waals surface area contributed by atoms with Crippen molar-refractivity contribution in [1.29, 1.82) is 0 Å². The molecule has 0 aromatic rings. The fraction of sp³-hybridized carbons (Fsp3) is 0.772. The molecule has 0 aliphatic carbocycles. The molecule has 2 atom stereocenters. The van der Waals surface area contributed by atoms with E-state index in [0.717, 1.165) is 51.4 Å². The van der Waals surface area contributed by atoms with Crippen molar-refractivity contribution < 1.29 is 15.0 Å². The Morgan fingerprint density at radius 1 is 0.393 bits per heavy atom. The summed E-state index contributed by atoms with van der Waals surface area (Å²) in [5.41, 5.74) is 0. The molecule has 0 aliphatic heterocycles. The summed E-state index contributed by atoms with van der Waals surface area (Å²) in [4.78, 5) is 12.4. The second-order valence-electron chi connectivity index (χ2n) is 17.9. The van der Waals surface area contributed by atoms with Crippen molar-refractivity contribution in [1.82, 2.24) is 5.32 Å². The lowest BCUT2D eigenvalue weighted by Crippen LogP contribution is -2.45. The van der Waals surface area contributed by atoms with Crippen LogP contribution in [-0.2, 0) is 4.79 Å². The molecule has 354 valence electrons. The van der Waals surface area contributed by atoms with E-state index in [1.807, 2.05) is 6.08 Å². The van der Waals surface area contributed by atoms with Gasteiger partial charge >= 0.3 is 0 Å². The first-order valence-electron chi connectivity index (χ1n) is 26.7. The number of rotatable bonds is 48. The van der Waals surface area contributed by atoms with E-state index in [1.54, 1.807) is 6.08 Å². The summed E-state index contributed by atoms with van der Waals surface area (Å²) in [5, 5.41) is 23.1. The average Bonchev–Trinajstić information content (AvgIpc) is 3.26. The van der Waals surface area contributed by atoms with Gasteiger partial charge in [-0.05, 0) is 83.5 Å². The Morgan fingerprint density at radius 2 is 0.689 bits per heavy atom. The zero-order chi connectivity index (χ0) is 44.2. The van der Waals surface area contributed by atoms with Crippen LogP contribution in [0.4, 0.5) is 0 Å². The average molecular weight is 850 g/mol. The summed E-state index contributed by atoms with van der Waals surface area (Å²) >= 11 is 0. The number of unbranched alkanes of at least 4 members (excludes halogenated alkanes) is 31. The second-order valence-corrected chi connectivity index (χ2v) is 17.9. The molecule has 4 nitrogen and oxygen atoms in total. The predicted octanol–water partition coefficient (Wildman–Crippen LogP) is 17.4. The van der Waals surface area contributed by atoms with E-state index in [4.69, 9.17) is 0 Å². The monoisotopic (exact) mass is 850 g/mol. The Bertz CT molecular complexity index is 1050. The minimum atomic E-state index is -0.874. The Hall–Kier alpha value is -2.17. The van der Waals surface area contributed by atoms with Gasteiger partial charge in [0.05, 0.1) is 18.8 Å². The molecule has 0 bridgehead atoms. The lowest BCUT2D eigenvalue weighted by Gasteiger charge is -2.19. The van der Waals surface area contributed by atoms with Gasteiger partial charge < -0.3 is 15.5 Å². The van der Waals surface area contributed by atoms with Crippen LogP contribution < -0.4 is 5.32 Å². The maximum atomic E-state index is 12.4. The third-order valence-electron chi connectivity index (χ3n) is 11.9. The Balaban J connectivity index is 3.58. The van der Waals surface area contributed by atoms with Gasteiger partial charge in [-0.3, -0.25) is 4.79 Å². The van der Waals surface area contributed by atoms with Crippen molar-refractivity contribution in [3.05, 3.63) is 72.9 Å². The molecule has 0 saturated heterocycles. The predicted molar refractivity (Wildman–Crippen MR) is 271 cm³/mol. The van der Waals surface area contributed by atoms with Gasteiger partial charge in [-0.2, -0.15) is 0 Å². The Labute approximate surface area is 380 Å². The minimum Gasteiger partial charge on any atom is -0.394 e. The zero-order valence-corrected chi connectivity index (χ0v) is 40.7. The molecule has 2 unspecified atom stereocenters. The highest BCUT2D eigenvalue weighted by atomic mass is 16.3. The maximum Gasteiger partial charge on any atom is 0.220 e. The van der Waals surface area contributed by atoms with Crippen LogP contribution in [0.3, 0.4) is 0 Å². The fourth-order valence-electron chi connectivity index (χ4n) is 7.81. The standard InChI is InChI=1S/C57H103NO3/c1-3-5-7-9-11-13-15-17-19-21-23-25-26-27-28-29-30-31-32-33-35-37-39-41-43-45-47-49-51-53-57(61)58-55(54-59)56(60)52-50-48-46-44-42-40-38-36-34-24-22-20-18-16-14-12-10-8-6-4-2/h15,17,21,23,26-27,34,36,42,44,50,52,55-56,59-60H,3-14,16,18-20,22,24-25,28-33,35,37-41,43,45-49,51,53-54H2,1-2H3,(H,58,61)/b17-15-,23-21-,27-26-,36-34+,44-42+,52-50+. The first-order valence-corrected chi connectivity index (χ1v) is 26.7. The molecule has 0 saturated carbocycles. The lowest BCUT2D eigenvalue weighted by atomic mass is 10.0. The number of hydrogen-bond donors (Lipinski definition) is 3. The fourth-order valence-corrected chi connectivity index (χ4v) is 7.81. The molecule has 0 aliphatic rings. The summed E-state index contributed by atoms with van der Waals surface area (Å²) < 4.78 is 0. The molecule has 1 amide bonds. The number of amides is 1. The van der Waals surface area contributed by atoms with Crippen LogP contribution in [0.25, 0.3) is 0 Å². The Morgan fingerprint density at radius 3 is 1.07 bits per heavy atom. The number of carbonyl (C=O) groups is 1. The summed E-state index contributed by atoms with van der Waals surface area (Å²) in [6.45, 7) is 4.29. The van der Waals surface area contributed by atoms with E-state index in [2.05, 4.69) is 79.9 Å². The highest BCUT2D eigenvalue weighted by Crippen LogP contribution is 2.15. The molecule has 0 heterocycles. The highest BCUT2D eigenvalue weighted by Gasteiger charge is 2.17. The molecular weight excluding hydrogens is 747 g/mol. The number of hydrogen-bond acceptors (Lipinski definition) is 3. The second kappa shape index (κ2) is 52.2. The number of carbonyl (C=O) groups excluding carboxylic acids is 1. The van der Waals surface area contributed by atoms with Crippen LogP contribution in [0.5, 0.6) is 0 Å². The number of aliphatic hydroxyl groups excluding tert-OH is 2. The van der Waals surface area contributed by atoms with Crippen molar-refractivity contribution in [3.8, 4) is 0 Å². The molecule has 4 heteroatoms. The molecule has 0 radical (unpaired) electrons. The number of allylic oxidation sites excluding steroid dienone is 11. The van der Waals surface area contributed by atoms with Gasteiger partial charge in [0.1, 0.15) is 0 Å². The highest BCUT2D eigenvalue weighted by molar-refractivity contribution is 5.76. The van der Waals surface area contributed by atoms with Crippen LogP contribution >= 0.6 is 0 Å². The first kappa shape index (κ1) is 58.8. The van der Waals surface area contributed by atoms with Crippen LogP contribution in [-0.4, -0.2) is 34.9 Å². The molecule has 0 aromatic carbocycles. The van der Waals surface area contributed by atoms with Gasteiger partial charge in [0.25, 0.3) is 0 Å². The van der Waals surface area contributed by atoms with Gasteiger partial charge in [-0.25, -0.2) is 0 Å². The van der Waals surface area contributed by atoms with E-state index in [-0.39, 0.29) is 12.5 Å². The minimum absolute atomic E-state index is 0.0790. The van der Waals surface area contributed by atoms with E-state index in [0.29, 0.717) is 6.42 Å². The van der Waals surface area contributed by atoms with E-state index in [1.165, 1.54) is 193 Å². The molecule has 0 rings (SSSR count). The molecule has 0 fully saturated rings. The largest absolute Gasteiger partial charge is 0.394 e. The molecule has 0 aromatic heterocycles. The van der Waals surface area contributed by atoms with Crippen molar-refractivity contribution in [2.75, 3.05) is 6.61 Å². The van der Waals surface area contributed by atoms with Gasteiger partial charge in [0.15, 0.2) is 0 Å². The smallest absolute Gasteiger partial charge is 0.220 e. The normalized spacial score (nSPS) is 13.4. The molecule has 3 N–H and O–H groups in total. The summed E-state index contributed by atoms with van der Waals surface area (Å²) in [6, 6.07) is -0.649. The van der Waals surface area contributed by atoms with E-state index < -0.39 is 12.1 Å². The molecular formula is C57H103NO3. The van der Waals surface area contributed by atoms with Crippen LogP contribution in [0.1, 0.15) is 264 Å².